The third kappa shape index (κ3) is 5.24. The summed E-state index contributed by atoms with van der Waals surface area (Å²) < 4.78 is 0. The molecule has 0 aromatic heterocycles. The summed E-state index contributed by atoms with van der Waals surface area (Å²) in [6.07, 6.45) is 4.40. The second-order valence-electron chi connectivity index (χ2n) is 4.80. The lowest BCUT2D eigenvalue weighted by Gasteiger charge is -2.13. The molecule has 2 aromatic carbocycles. The first-order chi connectivity index (χ1) is 10.3. The van der Waals surface area contributed by atoms with Gasteiger partial charge >= 0.3 is 5.97 Å². The third-order valence-electron chi connectivity index (χ3n) is 3.17. The van der Waals surface area contributed by atoms with Gasteiger partial charge in [-0.3, -0.25) is 4.79 Å². The summed E-state index contributed by atoms with van der Waals surface area (Å²) in [6.45, 7) is 0.526. The Labute approximate surface area is 124 Å². The highest BCUT2D eigenvalue weighted by Gasteiger charge is 2.16. The Morgan fingerprint density at radius 3 is 2.29 bits per heavy atom. The summed E-state index contributed by atoms with van der Waals surface area (Å²) in [7, 11) is 0. The van der Waals surface area contributed by atoms with Crippen molar-refractivity contribution in [3.63, 3.8) is 0 Å². The van der Waals surface area contributed by atoms with Gasteiger partial charge in [-0.25, -0.2) is 0 Å². The van der Waals surface area contributed by atoms with E-state index in [4.69, 9.17) is 0 Å². The Bertz CT molecular complexity index is 579. The van der Waals surface area contributed by atoms with Gasteiger partial charge in [-0.15, -0.1) is 0 Å². The second-order valence-corrected chi connectivity index (χ2v) is 4.80. The molecule has 0 aliphatic rings. The van der Waals surface area contributed by atoms with Gasteiger partial charge in [0.15, 0.2) is 0 Å². The van der Waals surface area contributed by atoms with Gasteiger partial charge in [-0.05, 0) is 17.5 Å². The number of nitrogens with one attached hydrogen (secondary N) is 1. The fourth-order valence-corrected chi connectivity index (χ4v) is 2.07. The number of benzene rings is 2. The first-order valence-corrected chi connectivity index (χ1v) is 6.97. The Hall–Kier alpha value is -2.39. The highest BCUT2D eigenvalue weighted by Crippen LogP contribution is 2.04. The molecule has 1 atom stereocenters. The minimum absolute atomic E-state index is 0.481. The summed E-state index contributed by atoms with van der Waals surface area (Å²) in [5, 5.41) is 12.3. The van der Waals surface area contributed by atoms with E-state index in [2.05, 4.69) is 5.32 Å². The molecule has 0 aliphatic heterocycles. The molecule has 0 radical (unpaired) electrons. The molecule has 0 fully saturated rings. The van der Waals surface area contributed by atoms with Gasteiger partial charge in [0.2, 0.25) is 0 Å². The molecule has 3 nitrogen and oxygen atoms in total. The van der Waals surface area contributed by atoms with Gasteiger partial charge in [-0.1, -0.05) is 72.8 Å². The van der Waals surface area contributed by atoms with Crippen molar-refractivity contribution >= 4 is 12.0 Å². The third-order valence-corrected chi connectivity index (χ3v) is 3.17. The fourth-order valence-electron chi connectivity index (χ4n) is 2.07. The van der Waals surface area contributed by atoms with Crippen molar-refractivity contribution in [1.82, 2.24) is 5.32 Å². The Balaban J connectivity index is 1.86. The summed E-state index contributed by atoms with van der Waals surface area (Å²) in [5.74, 6) is -0.827. The van der Waals surface area contributed by atoms with Crippen LogP contribution in [0.4, 0.5) is 0 Å². The molecule has 0 spiro atoms. The summed E-state index contributed by atoms with van der Waals surface area (Å²) in [4.78, 5) is 11.3. The molecule has 21 heavy (non-hydrogen) atoms. The van der Waals surface area contributed by atoms with E-state index in [9.17, 15) is 9.90 Å². The molecule has 0 saturated carbocycles. The van der Waals surface area contributed by atoms with Gasteiger partial charge in [0.25, 0.3) is 0 Å². The molecule has 2 aromatic rings. The molecular weight excluding hydrogens is 262 g/mol. The molecule has 0 unspecified atom stereocenters. The van der Waals surface area contributed by atoms with Crippen molar-refractivity contribution in [2.75, 3.05) is 6.54 Å². The minimum atomic E-state index is -0.827. The van der Waals surface area contributed by atoms with Crippen molar-refractivity contribution in [3.05, 3.63) is 77.9 Å². The fraction of sp³-hybridized carbons (Fsp3) is 0.167. The molecule has 0 saturated heterocycles. The highest BCUT2D eigenvalue weighted by molar-refractivity contribution is 5.74. The zero-order chi connectivity index (χ0) is 14.9. The van der Waals surface area contributed by atoms with Crippen molar-refractivity contribution in [3.8, 4) is 0 Å². The van der Waals surface area contributed by atoms with Gasteiger partial charge < -0.3 is 10.4 Å². The average Bonchev–Trinajstić information content (AvgIpc) is 2.52. The van der Waals surface area contributed by atoms with Crippen LogP contribution in [0.1, 0.15) is 11.1 Å². The maximum Gasteiger partial charge on any atom is 0.321 e. The van der Waals surface area contributed by atoms with Crippen LogP contribution in [0.25, 0.3) is 6.08 Å². The first-order valence-electron chi connectivity index (χ1n) is 6.97. The van der Waals surface area contributed by atoms with E-state index in [0.29, 0.717) is 13.0 Å². The molecule has 2 rings (SSSR count). The van der Waals surface area contributed by atoms with Crippen LogP contribution in [0.3, 0.4) is 0 Å². The zero-order valence-electron chi connectivity index (χ0n) is 11.8. The highest BCUT2D eigenvalue weighted by atomic mass is 16.4. The first kappa shape index (κ1) is 15.0. The summed E-state index contributed by atoms with van der Waals surface area (Å²) in [5.41, 5.74) is 2.12. The quantitative estimate of drug-likeness (QED) is 0.820. The van der Waals surface area contributed by atoms with Crippen LogP contribution >= 0.6 is 0 Å². The standard InChI is InChI=1S/C18H19NO2/c20-18(21)17(14-16-10-5-2-6-11-16)19-13-7-12-15-8-3-1-4-9-15/h1-12,17,19H,13-14H2,(H,20,21)/t17-/m0/s1. The molecule has 0 aliphatic carbocycles. The maximum absolute atomic E-state index is 11.3. The van der Waals surface area contributed by atoms with Crippen LogP contribution in [-0.2, 0) is 11.2 Å². The lowest BCUT2D eigenvalue weighted by Crippen LogP contribution is -2.38. The molecule has 0 amide bonds. The van der Waals surface area contributed by atoms with Crippen LogP contribution in [-0.4, -0.2) is 23.7 Å². The zero-order valence-corrected chi connectivity index (χ0v) is 11.8. The van der Waals surface area contributed by atoms with Crippen molar-refractivity contribution in [2.24, 2.45) is 0 Å². The Morgan fingerprint density at radius 1 is 1.05 bits per heavy atom. The topological polar surface area (TPSA) is 49.3 Å². The second kappa shape index (κ2) is 8.02. The van der Waals surface area contributed by atoms with E-state index in [0.717, 1.165) is 11.1 Å². The van der Waals surface area contributed by atoms with E-state index in [1.54, 1.807) is 0 Å². The van der Waals surface area contributed by atoms with E-state index in [-0.39, 0.29) is 0 Å². The molecular formula is C18H19NO2. The lowest BCUT2D eigenvalue weighted by molar-refractivity contribution is -0.139. The van der Waals surface area contributed by atoms with E-state index < -0.39 is 12.0 Å². The summed E-state index contributed by atoms with van der Waals surface area (Å²) >= 11 is 0. The Kier molecular flexibility index (Phi) is 5.73. The molecule has 0 heterocycles. The molecule has 108 valence electrons. The van der Waals surface area contributed by atoms with Crippen molar-refractivity contribution < 1.29 is 9.90 Å². The van der Waals surface area contributed by atoms with Gasteiger partial charge in [-0.2, -0.15) is 0 Å². The largest absolute Gasteiger partial charge is 0.480 e. The predicted octanol–water partition coefficient (Wildman–Crippen LogP) is 2.99. The van der Waals surface area contributed by atoms with Gasteiger partial charge in [0.1, 0.15) is 6.04 Å². The van der Waals surface area contributed by atoms with Crippen LogP contribution in [0.5, 0.6) is 0 Å². The minimum Gasteiger partial charge on any atom is -0.480 e. The van der Waals surface area contributed by atoms with Crippen molar-refractivity contribution in [1.29, 1.82) is 0 Å². The molecule has 3 heteroatoms. The van der Waals surface area contributed by atoms with Crippen LogP contribution in [0.15, 0.2) is 66.7 Å². The number of hydrogen-bond donors (Lipinski definition) is 2. The molecule has 2 N–H and O–H groups in total. The maximum atomic E-state index is 11.3. The number of carbonyl (C=O) groups is 1. The number of carboxylic acid groups (broad SMARTS) is 1. The van der Waals surface area contributed by atoms with Crippen LogP contribution < -0.4 is 5.32 Å². The van der Waals surface area contributed by atoms with E-state index in [1.807, 2.05) is 72.8 Å². The monoisotopic (exact) mass is 281 g/mol. The number of aliphatic carboxylic acids is 1. The van der Waals surface area contributed by atoms with Crippen molar-refractivity contribution in [2.45, 2.75) is 12.5 Å². The smallest absolute Gasteiger partial charge is 0.321 e. The predicted molar refractivity (Wildman–Crippen MR) is 85.0 cm³/mol. The van der Waals surface area contributed by atoms with Gasteiger partial charge in [0.05, 0.1) is 0 Å². The SMILES string of the molecule is O=C(O)[C@H](Cc1ccccc1)NCC=Cc1ccccc1. The summed E-state index contributed by atoms with van der Waals surface area (Å²) in [6, 6.07) is 19.0. The lowest BCUT2D eigenvalue weighted by atomic mass is 10.1. The Morgan fingerprint density at radius 2 is 1.67 bits per heavy atom. The number of rotatable bonds is 7. The van der Waals surface area contributed by atoms with E-state index in [1.165, 1.54) is 0 Å². The van der Waals surface area contributed by atoms with Crippen LogP contribution in [0, 0.1) is 0 Å². The van der Waals surface area contributed by atoms with Gasteiger partial charge in [0, 0.05) is 6.54 Å². The number of hydrogen-bond acceptors (Lipinski definition) is 2. The molecule has 0 bridgehead atoms. The normalized spacial score (nSPS) is 12.4. The van der Waals surface area contributed by atoms with Crippen LogP contribution in [0.2, 0.25) is 0 Å². The average molecular weight is 281 g/mol. The van der Waals surface area contributed by atoms with E-state index >= 15 is 0 Å². The number of carboxylic acids is 1.